The van der Waals surface area contributed by atoms with E-state index < -0.39 is 0 Å². The highest BCUT2D eigenvalue weighted by molar-refractivity contribution is 7.98. The fourth-order valence-corrected chi connectivity index (χ4v) is 1.76. The van der Waals surface area contributed by atoms with Crippen molar-refractivity contribution in [1.29, 1.82) is 0 Å². The first-order valence-corrected chi connectivity index (χ1v) is 5.13. The van der Waals surface area contributed by atoms with E-state index in [2.05, 4.69) is 31.4 Å². The van der Waals surface area contributed by atoms with Crippen molar-refractivity contribution < 1.29 is 4.74 Å². The zero-order valence-corrected chi connectivity index (χ0v) is 8.57. The van der Waals surface area contributed by atoms with Crippen LogP contribution in [0.2, 0.25) is 0 Å². The van der Waals surface area contributed by atoms with Crippen LogP contribution in [0.4, 0.5) is 0 Å². The van der Waals surface area contributed by atoms with Crippen molar-refractivity contribution in [3.63, 3.8) is 0 Å². The molecule has 0 saturated carbocycles. The van der Waals surface area contributed by atoms with Gasteiger partial charge in [0.2, 0.25) is 0 Å². The lowest BCUT2D eigenvalue weighted by Gasteiger charge is -2.06. The molecular weight excluding hydrogens is 168 g/mol. The molecule has 1 aromatic rings. The number of hydrogen-bond acceptors (Lipinski definition) is 2. The second kappa shape index (κ2) is 4.53. The van der Waals surface area contributed by atoms with Crippen LogP contribution >= 0.6 is 11.8 Å². The SMILES string of the molecule is COCc1cc(C)ccc1SC. The maximum absolute atomic E-state index is 5.11. The van der Waals surface area contributed by atoms with Crippen LogP contribution in [0.1, 0.15) is 11.1 Å². The average Bonchev–Trinajstić information content (AvgIpc) is 2.05. The van der Waals surface area contributed by atoms with E-state index in [1.165, 1.54) is 16.0 Å². The van der Waals surface area contributed by atoms with Gasteiger partial charge in [0.1, 0.15) is 0 Å². The van der Waals surface area contributed by atoms with Gasteiger partial charge in [-0.25, -0.2) is 0 Å². The summed E-state index contributed by atoms with van der Waals surface area (Å²) in [5.74, 6) is 0. The number of benzene rings is 1. The van der Waals surface area contributed by atoms with Crippen molar-refractivity contribution in [1.82, 2.24) is 0 Å². The zero-order valence-electron chi connectivity index (χ0n) is 7.76. The van der Waals surface area contributed by atoms with Crippen LogP contribution in [0.15, 0.2) is 23.1 Å². The number of thioether (sulfide) groups is 1. The molecule has 0 atom stereocenters. The molecule has 0 saturated heterocycles. The van der Waals surface area contributed by atoms with Crippen molar-refractivity contribution in [2.75, 3.05) is 13.4 Å². The minimum atomic E-state index is 0.706. The van der Waals surface area contributed by atoms with E-state index in [4.69, 9.17) is 4.74 Å². The highest BCUT2D eigenvalue weighted by Crippen LogP contribution is 2.21. The summed E-state index contributed by atoms with van der Waals surface area (Å²) < 4.78 is 5.11. The van der Waals surface area contributed by atoms with E-state index in [0.717, 1.165) is 0 Å². The Kier molecular flexibility index (Phi) is 3.63. The summed E-state index contributed by atoms with van der Waals surface area (Å²) in [5, 5.41) is 0. The second-order valence-electron chi connectivity index (χ2n) is 2.75. The number of methoxy groups -OCH3 is 1. The molecule has 2 heteroatoms. The van der Waals surface area contributed by atoms with Gasteiger partial charge in [0.05, 0.1) is 6.61 Å². The van der Waals surface area contributed by atoms with Crippen LogP contribution in [-0.2, 0) is 11.3 Å². The van der Waals surface area contributed by atoms with Crippen LogP contribution in [0.25, 0.3) is 0 Å². The van der Waals surface area contributed by atoms with Crippen molar-refractivity contribution in [3.8, 4) is 0 Å². The molecule has 0 unspecified atom stereocenters. The van der Waals surface area contributed by atoms with E-state index in [0.29, 0.717) is 6.61 Å². The molecule has 0 aliphatic carbocycles. The van der Waals surface area contributed by atoms with Crippen molar-refractivity contribution >= 4 is 11.8 Å². The topological polar surface area (TPSA) is 9.23 Å². The third-order valence-corrected chi connectivity index (χ3v) is 2.57. The third-order valence-electron chi connectivity index (χ3n) is 1.74. The Hall–Kier alpha value is -0.470. The third kappa shape index (κ3) is 2.26. The van der Waals surface area contributed by atoms with Crippen LogP contribution in [0.3, 0.4) is 0 Å². The fraction of sp³-hybridized carbons (Fsp3) is 0.400. The van der Waals surface area contributed by atoms with Gasteiger partial charge in [0.25, 0.3) is 0 Å². The molecule has 0 heterocycles. The van der Waals surface area contributed by atoms with E-state index in [-0.39, 0.29) is 0 Å². The number of ether oxygens (including phenoxy) is 1. The molecule has 1 rings (SSSR count). The molecule has 1 nitrogen and oxygen atoms in total. The quantitative estimate of drug-likeness (QED) is 0.665. The Bertz CT molecular complexity index is 258. The van der Waals surface area contributed by atoms with Gasteiger partial charge in [-0.3, -0.25) is 0 Å². The lowest BCUT2D eigenvalue weighted by Crippen LogP contribution is -1.91. The van der Waals surface area contributed by atoms with Crippen molar-refractivity contribution in [2.24, 2.45) is 0 Å². The molecule has 12 heavy (non-hydrogen) atoms. The smallest absolute Gasteiger partial charge is 0.0724 e. The molecule has 0 spiro atoms. The van der Waals surface area contributed by atoms with Gasteiger partial charge in [-0.1, -0.05) is 17.7 Å². The molecule has 0 bridgehead atoms. The highest BCUT2D eigenvalue weighted by atomic mass is 32.2. The number of hydrogen-bond donors (Lipinski definition) is 0. The Morgan fingerprint density at radius 3 is 2.75 bits per heavy atom. The Morgan fingerprint density at radius 1 is 1.42 bits per heavy atom. The molecule has 0 aliphatic heterocycles. The summed E-state index contributed by atoms with van der Waals surface area (Å²) in [6, 6.07) is 6.45. The summed E-state index contributed by atoms with van der Waals surface area (Å²) in [6.45, 7) is 2.81. The van der Waals surface area contributed by atoms with E-state index >= 15 is 0 Å². The first-order valence-electron chi connectivity index (χ1n) is 3.90. The first kappa shape index (κ1) is 9.62. The van der Waals surface area contributed by atoms with Gasteiger partial charge in [-0.2, -0.15) is 0 Å². The molecule has 0 fully saturated rings. The van der Waals surface area contributed by atoms with Crippen LogP contribution < -0.4 is 0 Å². The molecule has 0 aliphatic rings. The second-order valence-corrected chi connectivity index (χ2v) is 3.60. The number of aryl methyl sites for hydroxylation is 1. The predicted molar refractivity (Wildman–Crippen MR) is 53.7 cm³/mol. The van der Waals surface area contributed by atoms with Gasteiger partial charge in [0, 0.05) is 12.0 Å². The minimum absolute atomic E-state index is 0.706. The van der Waals surface area contributed by atoms with Gasteiger partial charge < -0.3 is 4.74 Å². The van der Waals surface area contributed by atoms with Gasteiger partial charge in [0.15, 0.2) is 0 Å². The van der Waals surface area contributed by atoms with Crippen LogP contribution in [0.5, 0.6) is 0 Å². The lowest BCUT2D eigenvalue weighted by atomic mass is 10.1. The molecule has 0 aromatic heterocycles. The van der Waals surface area contributed by atoms with E-state index in [9.17, 15) is 0 Å². The van der Waals surface area contributed by atoms with Crippen molar-refractivity contribution in [2.45, 2.75) is 18.4 Å². The molecule has 0 N–H and O–H groups in total. The Morgan fingerprint density at radius 2 is 2.17 bits per heavy atom. The monoisotopic (exact) mass is 182 g/mol. The lowest BCUT2D eigenvalue weighted by molar-refractivity contribution is 0.183. The largest absolute Gasteiger partial charge is 0.380 e. The predicted octanol–water partition coefficient (Wildman–Crippen LogP) is 2.86. The summed E-state index contributed by atoms with van der Waals surface area (Å²) in [6.07, 6.45) is 2.09. The summed E-state index contributed by atoms with van der Waals surface area (Å²) in [7, 11) is 1.73. The highest BCUT2D eigenvalue weighted by Gasteiger charge is 2.00. The molecule has 0 amide bonds. The minimum Gasteiger partial charge on any atom is -0.380 e. The van der Waals surface area contributed by atoms with Crippen molar-refractivity contribution in [3.05, 3.63) is 29.3 Å². The standard InChI is InChI=1S/C10H14OS/c1-8-4-5-10(12-3)9(6-8)7-11-2/h4-6H,7H2,1-3H3. The fourth-order valence-electron chi connectivity index (χ4n) is 1.18. The summed E-state index contributed by atoms with van der Waals surface area (Å²) in [5.41, 5.74) is 2.57. The van der Waals surface area contributed by atoms with Crippen LogP contribution in [0, 0.1) is 6.92 Å². The van der Waals surface area contributed by atoms with Gasteiger partial charge >= 0.3 is 0 Å². The average molecular weight is 182 g/mol. The zero-order chi connectivity index (χ0) is 8.97. The molecule has 0 radical (unpaired) electrons. The van der Waals surface area contributed by atoms with Crippen LogP contribution in [-0.4, -0.2) is 13.4 Å². The first-order chi connectivity index (χ1) is 5.77. The molecule has 66 valence electrons. The number of rotatable bonds is 3. The normalized spacial score (nSPS) is 10.2. The van der Waals surface area contributed by atoms with E-state index in [1.807, 2.05) is 0 Å². The maximum atomic E-state index is 5.11. The maximum Gasteiger partial charge on any atom is 0.0724 e. The van der Waals surface area contributed by atoms with E-state index in [1.54, 1.807) is 18.9 Å². The van der Waals surface area contributed by atoms with Gasteiger partial charge in [-0.05, 0) is 24.8 Å². The summed E-state index contributed by atoms with van der Waals surface area (Å²) >= 11 is 1.76. The Labute approximate surface area is 78.1 Å². The summed E-state index contributed by atoms with van der Waals surface area (Å²) in [4.78, 5) is 1.31. The van der Waals surface area contributed by atoms with Gasteiger partial charge in [-0.15, -0.1) is 11.8 Å². The Balaban J connectivity index is 2.95. The molecule has 1 aromatic carbocycles. The molecular formula is C10H14OS.